The lowest BCUT2D eigenvalue weighted by atomic mass is 10.4. The fourth-order valence-electron chi connectivity index (χ4n) is 1.18. The van der Waals surface area contributed by atoms with E-state index in [1.807, 2.05) is 23.9 Å². The highest BCUT2D eigenvalue weighted by Gasteiger charge is 2.00. The molecule has 0 atom stereocenters. The lowest BCUT2D eigenvalue weighted by Crippen LogP contribution is -2.03. The number of fused-ring (bicyclic) bond motifs is 1. The van der Waals surface area contributed by atoms with Crippen LogP contribution in [0.25, 0.3) is 11.0 Å². The minimum atomic E-state index is 0.390. The standard InChI is InChI=1S/C8H10N4/c1-12-3-2-6-5-10-7(4-9)11-8(6)12/h2-3,5H,4,9H2,1H3. The van der Waals surface area contributed by atoms with Crippen LogP contribution in [0.15, 0.2) is 18.5 Å². The van der Waals surface area contributed by atoms with Crippen LogP contribution in [0.4, 0.5) is 0 Å². The van der Waals surface area contributed by atoms with Crippen molar-refractivity contribution in [2.24, 2.45) is 12.8 Å². The Bertz CT molecular complexity index is 404. The van der Waals surface area contributed by atoms with Gasteiger partial charge in [-0.2, -0.15) is 0 Å². The molecule has 0 spiro atoms. The van der Waals surface area contributed by atoms with Gasteiger partial charge in [-0.3, -0.25) is 0 Å². The van der Waals surface area contributed by atoms with Gasteiger partial charge in [0.05, 0.1) is 6.54 Å². The molecule has 0 aliphatic carbocycles. The van der Waals surface area contributed by atoms with E-state index in [1.54, 1.807) is 6.20 Å². The Morgan fingerprint density at radius 2 is 2.42 bits per heavy atom. The first-order chi connectivity index (χ1) is 5.81. The zero-order valence-corrected chi connectivity index (χ0v) is 6.86. The number of aryl methyl sites for hydroxylation is 1. The van der Waals surface area contributed by atoms with Gasteiger partial charge in [-0.15, -0.1) is 0 Å². The van der Waals surface area contributed by atoms with E-state index in [4.69, 9.17) is 5.73 Å². The van der Waals surface area contributed by atoms with Crippen LogP contribution in [0, 0.1) is 0 Å². The zero-order valence-electron chi connectivity index (χ0n) is 6.86. The fraction of sp³-hybridized carbons (Fsp3) is 0.250. The molecular formula is C8H10N4. The molecule has 0 unspecified atom stereocenters. The SMILES string of the molecule is Cn1ccc2cnc(CN)nc21. The molecule has 2 heterocycles. The second-order valence-corrected chi connectivity index (χ2v) is 2.70. The molecule has 0 fully saturated rings. The number of nitrogens with two attached hydrogens (primary N) is 1. The van der Waals surface area contributed by atoms with Crippen LogP contribution >= 0.6 is 0 Å². The van der Waals surface area contributed by atoms with E-state index in [0.717, 1.165) is 11.0 Å². The summed E-state index contributed by atoms with van der Waals surface area (Å²) < 4.78 is 1.95. The van der Waals surface area contributed by atoms with E-state index < -0.39 is 0 Å². The molecular weight excluding hydrogens is 152 g/mol. The summed E-state index contributed by atoms with van der Waals surface area (Å²) >= 11 is 0. The summed E-state index contributed by atoms with van der Waals surface area (Å²) in [5.74, 6) is 0.685. The van der Waals surface area contributed by atoms with Crippen molar-refractivity contribution >= 4 is 11.0 Å². The number of rotatable bonds is 1. The Hall–Kier alpha value is -1.42. The maximum Gasteiger partial charge on any atom is 0.144 e. The number of nitrogens with zero attached hydrogens (tertiary/aromatic N) is 3. The van der Waals surface area contributed by atoms with Crippen LogP contribution in [0.2, 0.25) is 0 Å². The van der Waals surface area contributed by atoms with E-state index in [0.29, 0.717) is 12.4 Å². The smallest absolute Gasteiger partial charge is 0.144 e. The van der Waals surface area contributed by atoms with Crippen molar-refractivity contribution in [3.05, 3.63) is 24.3 Å². The van der Waals surface area contributed by atoms with E-state index >= 15 is 0 Å². The van der Waals surface area contributed by atoms with E-state index in [-0.39, 0.29) is 0 Å². The van der Waals surface area contributed by atoms with Gasteiger partial charge >= 0.3 is 0 Å². The topological polar surface area (TPSA) is 56.7 Å². The molecule has 2 rings (SSSR count). The Morgan fingerprint density at radius 3 is 3.17 bits per heavy atom. The summed E-state index contributed by atoms with van der Waals surface area (Å²) in [7, 11) is 1.95. The third-order valence-corrected chi connectivity index (χ3v) is 1.84. The molecule has 12 heavy (non-hydrogen) atoms. The lowest BCUT2D eigenvalue weighted by Gasteiger charge is -1.97. The van der Waals surface area contributed by atoms with Gasteiger partial charge in [-0.25, -0.2) is 9.97 Å². The molecule has 4 heteroatoms. The van der Waals surface area contributed by atoms with Crippen molar-refractivity contribution in [3.63, 3.8) is 0 Å². The minimum Gasteiger partial charge on any atom is -0.335 e. The maximum absolute atomic E-state index is 5.43. The molecule has 0 saturated carbocycles. The second-order valence-electron chi connectivity index (χ2n) is 2.70. The average molecular weight is 162 g/mol. The van der Waals surface area contributed by atoms with Crippen molar-refractivity contribution in [3.8, 4) is 0 Å². The number of aromatic nitrogens is 3. The van der Waals surface area contributed by atoms with Crippen LogP contribution in [-0.4, -0.2) is 14.5 Å². The first-order valence-corrected chi connectivity index (χ1v) is 3.78. The van der Waals surface area contributed by atoms with Crippen LogP contribution in [0.1, 0.15) is 5.82 Å². The largest absolute Gasteiger partial charge is 0.335 e. The first-order valence-electron chi connectivity index (χ1n) is 3.78. The lowest BCUT2D eigenvalue weighted by molar-refractivity contribution is 0.888. The van der Waals surface area contributed by atoms with Crippen molar-refractivity contribution < 1.29 is 0 Å². The van der Waals surface area contributed by atoms with Crippen LogP contribution in [-0.2, 0) is 13.6 Å². The van der Waals surface area contributed by atoms with Crippen molar-refractivity contribution in [1.29, 1.82) is 0 Å². The van der Waals surface area contributed by atoms with Gasteiger partial charge in [0.2, 0.25) is 0 Å². The molecule has 2 aromatic heterocycles. The Labute approximate surface area is 70.0 Å². The highest BCUT2D eigenvalue weighted by molar-refractivity contribution is 5.74. The molecule has 0 saturated heterocycles. The average Bonchev–Trinajstić information content (AvgIpc) is 2.47. The van der Waals surface area contributed by atoms with E-state index in [1.165, 1.54) is 0 Å². The Kier molecular flexibility index (Phi) is 1.55. The third kappa shape index (κ3) is 0.967. The van der Waals surface area contributed by atoms with Gasteiger partial charge in [0.15, 0.2) is 0 Å². The predicted molar refractivity (Wildman–Crippen MR) is 46.4 cm³/mol. The fourth-order valence-corrected chi connectivity index (χ4v) is 1.18. The van der Waals surface area contributed by atoms with Gasteiger partial charge in [-0.1, -0.05) is 0 Å². The summed E-state index contributed by atoms with van der Waals surface area (Å²) in [4.78, 5) is 8.37. The summed E-state index contributed by atoms with van der Waals surface area (Å²) in [6.45, 7) is 0.390. The summed E-state index contributed by atoms with van der Waals surface area (Å²) in [5.41, 5.74) is 6.36. The van der Waals surface area contributed by atoms with Gasteiger partial charge in [0.25, 0.3) is 0 Å². The van der Waals surface area contributed by atoms with Crippen LogP contribution in [0.5, 0.6) is 0 Å². The van der Waals surface area contributed by atoms with E-state index in [9.17, 15) is 0 Å². The third-order valence-electron chi connectivity index (χ3n) is 1.84. The summed E-state index contributed by atoms with van der Waals surface area (Å²) in [5, 5.41) is 1.05. The second kappa shape index (κ2) is 2.57. The molecule has 0 radical (unpaired) electrons. The molecule has 62 valence electrons. The Balaban J connectivity index is 2.71. The highest BCUT2D eigenvalue weighted by Crippen LogP contribution is 2.09. The van der Waals surface area contributed by atoms with Crippen LogP contribution < -0.4 is 5.73 Å². The summed E-state index contributed by atoms with van der Waals surface area (Å²) in [6, 6.07) is 1.98. The molecule has 2 N–H and O–H groups in total. The van der Waals surface area contributed by atoms with Gasteiger partial charge in [0, 0.05) is 24.8 Å². The van der Waals surface area contributed by atoms with Crippen molar-refractivity contribution in [2.45, 2.75) is 6.54 Å². The van der Waals surface area contributed by atoms with Gasteiger partial charge < -0.3 is 10.3 Å². The maximum atomic E-state index is 5.43. The zero-order chi connectivity index (χ0) is 8.55. The molecule has 0 aliphatic rings. The van der Waals surface area contributed by atoms with Gasteiger partial charge in [-0.05, 0) is 6.07 Å². The number of hydrogen-bond acceptors (Lipinski definition) is 3. The first kappa shape index (κ1) is 7.24. The minimum absolute atomic E-state index is 0.390. The highest BCUT2D eigenvalue weighted by atomic mass is 15.0. The molecule has 2 aromatic rings. The molecule has 0 bridgehead atoms. The molecule has 0 aliphatic heterocycles. The van der Waals surface area contributed by atoms with Crippen LogP contribution in [0.3, 0.4) is 0 Å². The molecule has 0 aromatic carbocycles. The number of hydrogen-bond donors (Lipinski definition) is 1. The van der Waals surface area contributed by atoms with Crippen molar-refractivity contribution in [1.82, 2.24) is 14.5 Å². The Morgan fingerprint density at radius 1 is 1.58 bits per heavy atom. The van der Waals surface area contributed by atoms with E-state index in [2.05, 4.69) is 9.97 Å². The van der Waals surface area contributed by atoms with Gasteiger partial charge in [0.1, 0.15) is 11.5 Å². The molecule has 4 nitrogen and oxygen atoms in total. The molecule has 0 amide bonds. The van der Waals surface area contributed by atoms with Crippen molar-refractivity contribution in [2.75, 3.05) is 0 Å². The predicted octanol–water partition coefficient (Wildman–Crippen LogP) is 0.427. The summed E-state index contributed by atoms with van der Waals surface area (Å²) in [6.07, 6.45) is 3.75. The quantitative estimate of drug-likeness (QED) is 0.661. The normalized spacial score (nSPS) is 10.8. The monoisotopic (exact) mass is 162 g/mol.